The van der Waals surface area contributed by atoms with E-state index in [0.29, 0.717) is 11.0 Å². The topological polar surface area (TPSA) is 0 Å². The summed E-state index contributed by atoms with van der Waals surface area (Å²) in [5, 5.41) is 5.71. The summed E-state index contributed by atoms with van der Waals surface area (Å²) in [5.74, 6) is 0. The third-order valence-electron chi connectivity index (χ3n) is 4.46. The van der Waals surface area contributed by atoms with Crippen molar-refractivity contribution in [2.24, 2.45) is 0 Å². The molecule has 0 N–H and O–H groups in total. The quantitative estimate of drug-likeness (QED) is 0.448. The first-order valence-corrected chi connectivity index (χ1v) is 13.2. The van der Waals surface area contributed by atoms with Gasteiger partial charge in [-0.05, 0) is 0 Å². The molecule has 0 spiro atoms. The van der Waals surface area contributed by atoms with Gasteiger partial charge in [-0.1, -0.05) is 106 Å². The van der Waals surface area contributed by atoms with Crippen LogP contribution < -0.4 is 20.7 Å². The second-order valence-corrected chi connectivity index (χ2v) is 13.1. The first-order chi connectivity index (χ1) is 11.8. The van der Waals surface area contributed by atoms with Gasteiger partial charge in [0.25, 0.3) is 0 Å². The zero-order valence-electron chi connectivity index (χ0n) is 13.4. The number of alkyl halides is 2. The minimum atomic E-state index is -1.42. The van der Waals surface area contributed by atoms with E-state index in [0.717, 1.165) is 0 Å². The molecule has 3 aromatic carbocycles. The number of rotatable bonds is 6. The van der Waals surface area contributed by atoms with Crippen LogP contribution in [0.15, 0.2) is 84.9 Å². The van der Waals surface area contributed by atoms with E-state index in [1.54, 1.807) is 0 Å². The van der Waals surface area contributed by atoms with Crippen molar-refractivity contribution >= 4 is 61.5 Å². The van der Waals surface area contributed by atoms with Crippen LogP contribution in [0, 0.1) is 0 Å². The number of hydrogen-bond donors (Lipinski definition) is 0. The van der Waals surface area contributed by atoms with E-state index in [1.807, 2.05) is 0 Å². The molecule has 3 aromatic rings. The van der Waals surface area contributed by atoms with Crippen LogP contribution in [-0.4, -0.2) is 28.6 Å². The molecule has 0 nitrogen and oxygen atoms in total. The van der Waals surface area contributed by atoms with E-state index >= 15 is 0 Å². The molecule has 0 saturated carbocycles. The van der Waals surface area contributed by atoms with Crippen LogP contribution in [0.2, 0.25) is 0 Å². The minimum absolute atomic E-state index is 0.708. The summed E-state index contributed by atoms with van der Waals surface area (Å²) in [6.45, 7) is 0. The predicted octanol–water partition coefficient (Wildman–Crippen LogP) is 1.93. The van der Waals surface area contributed by atoms with Gasteiger partial charge in [0.1, 0.15) is 17.6 Å². The predicted molar refractivity (Wildman–Crippen MR) is 114 cm³/mol. The normalized spacial score (nSPS) is 13.4. The lowest BCUT2D eigenvalue weighted by Crippen LogP contribution is -2.58. The molecular weight excluding hydrogens is 367 g/mol. The van der Waals surface area contributed by atoms with Crippen LogP contribution in [0.25, 0.3) is 0 Å². The van der Waals surface area contributed by atoms with Crippen LogP contribution in [0.3, 0.4) is 0 Å². The SMILES string of the molecule is ClC[SiH](c1ccccc1)c1ccccc1[SiH](CCl)c1ccccc1. The lowest BCUT2D eigenvalue weighted by atomic mass is 10.3. The molecule has 2 unspecified atom stereocenters. The Morgan fingerprint density at radius 2 is 0.833 bits per heavy atom. The van der Waals surface area contributed by atoms with Crippen molar-refractivity contribution in [2.75, 3.05) is 11.0 Å². The Morgan fingerprint density at radius 3 is 1.17 bits per heavy atom. The van der Waals surface area contributed by atoms with Crippen LogP contribution in [0.1, 0.15) is 0 Å². The zero-order valence-corrected chi connectivity index (χ0v) is 17.2. The number of halogens is 2. The third kappa shape index (κ3) is 3.84. The van der Waals surface area contributed by atoms with E-state index in [4.69, 9.17) is 23.2 Å². The summed E-state index contributed by atoms with van der Waals surface area (Å²) in [4.78, 5) is 0. The molecule has 0 heterocycles. The highest BCUT2D eigenvalue weighted by molar-refractivity contribution is 6.98. The van der Waals surface area contributed by atoms with Gasteiger partial charge in [-0.3, -0.25) is 0 Å². The Morgan fingerprint density at radius 1 is 0.500 bits per heavy atom. The summed E-state index contributed by atoms with van der Waals surface area (Å²) in [7, 11) is -2.84. The molecule has 0 saturated heterocycles. The fourth-order valence-electron chi connectivity index (χ4n) is 3.22. The maximum Gasteiger partial charge on any atom is 0.117 e. The van der Waals surface area contributed by atoms with Crippen molar-refractivity contribution < 1.29 is 0 Å². The van der Waals surface area contributed by atoms with Crippen LogP contribution >= 0.6 is 23.2 Å². The van der Waals surface area contributed by atoms with Gasteiger partial charge in [0.2, 0.25) is 0 Å². The van der Waals surface area contributed by atoms with Gasteiger partial charge >= 0.3 is 0 Å². The Balaban J connectivity index is 2.07. The molecule has 0 radical (unpaired) electrons. The van der Waals surface area contributed by atoms with E-state index < -0.39 is 17.6 Å². The summed E-state index contributed by atoms with van der Waals surface area (Å²) in [5.41, 5.74) is 1.42. The third-order valence-corrected chi connectivity index (χ3v) is 12.2. The van der Waals surface area contributed by atoms with Crippen LogP contribution in [0.4, 0.5) is 0 Å². The molecule has 2 atom stereocenters. The van der Waals surface area contributed by atoms with Gasteiger partial charge in [0.05, 0.1) is 0 Å². The molecule has 24 heavy (non-hydrogen) atoms. The monoisotopic (exact) mass is 386 g/mol. The molecule has 0 aliphatic carbocycles. The molecule has 0 aromatic heterocycles. The highest BCUT2D eigenvalue weighted by atomic mass is 35.5. The molecule has 0 fully saturated rings. The molecule has 4 heteroatoms. The van der Waals surface area contributed by atoms with Crippen molar-refractivity contribution in [2.45, 2.75) is 0 Å². The average Bonchev–Trinajstić information content (AvgIpc) is 2.66. The van der Waals surface area contributed by atoms with Gasteiger partial charge in [0, 0.05) is 11.0 Å². The van der Waals surface area contributed by atoms with Crippen molar-refractivity contribution in [1.82, 2.24) is 0 Å². The molecular formula is C20H20Cl2Si2. The first kappa shape index (κ1) is 17.5. The Hall–Kier alpha value is -1.33. The fraction of sp³-hybridized carbons (Fsp3) is 0.100. The van der Waals surface area contributed by atoms with Gasteiger partial charge in [-0.2, -0.15) is 0 Å². The standard InChI is InChI=1S/C20H20Cl2Si2/c21-15-23(17-9-3-1-4-10-17)19-13-7-8-14-20(19)24(16-22)18-11-5-2-6-12-18/h1-14,23-24H,15-16H2. The lowest BCUT2D eigenvalue weighted by molar-refractivity contribution is 1.71. The minimum Gasteiger partial charge on any atom is -0.130 e. The van der Waals surface area contributed by atoms with E-state index in [2.05, 4.69) is 84.9 Å². The lowest BCUT2D eigenvalue weighted by Gasteiger charge is -2.22. The van der Waals surface area contributed by atoms with E-state index in [1.165, 1.54) is 20.7 Å². The Labute approximate surface area is 157 Å². The van der Waals surface area contributed by atoms with Gasteiger partial charge in [0.15, 0.2) is 0 Å². The molecule has 0 aliphatic heterocycles. The van der Waals surface area contributed by atoms with E-state index in [-0.39, 0.29) is 0 Å². The maximum absolute atomic E-state index is 6.45. The van der Waals surface area contributed by atoms with Crippen LogP contribution in [-0.2, 0) is 0 Å². The van der Waals surface area contributed by atoms with Gasteiger partial charge in [-0.15, -0.1) is 23.2 Å². The highest BCUT2D eigenvalue weighted by Gasteiger charge is 2.24. The smallest absolute Gasteiger partial charge is 0.117 e. The summed E-state index contributed by atoms with van der Waals surface area (Å²) in [6.07, 6.45) is 0. The maximum atomic E-state index is 6.45. The molecule has 122 valence electrons. The van der Waals surface area contributed by atoms with Gasteiger partial charge in [-0.25, -0.2) is 0 Å². The summed E-state index contributed by atoms with van der Waals surface area (Å²) < 4.78 is 0. The average molecular weight is 387 g/mol. The van der Waals surface area contributed by atoms with Crippen molar-refractivity contribution in [3.8, 4) is 0 Å². The fourth-order valence-corrected chi connectivity index (χ4v) is 11.0. The largest absolute Gasteiger partial charge is 0.130 e. The molecule has 0 aliphatic rings. The van der Waals surface area contributed by atoms with E-state index in [9.17, 15) is 0 Å². The van der Waals surface area contributed by atoms with Crippen molar-refractivity contribution in [1.29, 1.82) is 0 Å². The molecule has 0 amide bonds. The summed E-state index contributed by atoms with van der Waals surface area (Å²) >= 11 is 12.9. The molecule has 0 bridgehead atoms. The first-order valence-electron chi connectivity index (χ1n) is 8.15. The van der Waals surface area contributed by atoms with Crippen molar-refractivity contribution in [3.05, 3.63) is 84.9 Å². The second kappa shape index (κ2) is 8.68. The summed E-state index contributed by atoms with van der Waals surface area (Å²) in [6, 6.07) is 30.3. The number of benzene rings is 3. The molecule has 3 rings (SSSR count). The number of hydrogen-bond acceptors (Lipinski definition) is 0. The Kier molecular flexibility index (Phi) is 6.33. The van der Waals surface area contributed by atoms with Crippen LogP contribution in [0.5, 0.6) is 0 Å². The highest BCUT2D eigenvalue weighted by Crippen LogP contribution is 1.98. The second-order valence-electron chi connectivity index (χ2n) is 5.86. The Bertz CT molecular complexity index is 696. The van der Waals surface area contributed by atoms with Gasteiger partial charge < -0.3 is 0 Å². The van der Waals surface area contributed by atoms with Crippen molar-refractivity contribution in [3.63, 3.8) is 0 Å². The zero-order chi connectivity index (χ0) is 16.8.